The number of piperazine rings is 1. The number of pyridine rings is 1. The fourth-order valence-electron chi connectivity index (χ4n) is 4.18. The number of methoxy groups -OCH3 is 2. The SMILES string of the molecule is COc1ccc(CN2CCN(C)C(=O)C2Cc2ccc(-c3ccncc3)cc2)cc1OC. The fourth-order valence-corrected chi connectivity index (χ4v) is 4.18. The highest BCUT2D eigenvalue weighted by Crippen LogP contribution is 2.29. The van der Waals surface area contributed by atoms with Gasteiger partial charge < -0.3 is 14.4 Å². The van der Waals surface area contributed by atoms with Crippen molar-refractivity contribution in [2.75, 3.05) is 34.4 Å². The van der Waals surface area contributed by atoms with E-state index in [4.69, 9.17) is 9.47 Å². The molecule has 1 fully saturated rings. The Morgan fingerprint density at radius 1 is 0.875 bits per heavy atom. The Kier molecular flexibility index (Phi) is 6.71. The van der Waals surface area contributed by atoms with E-state index in [1.54, 1.807) is 26.6 Å². The van der Waals surface area contributed by atoms with Crippen LogP contribution >= 0.6 is 0 Å². The average Bonchev–Trinajstić information content (AvgIpc) is 2.84. The third kappa shape index (κ3) is 4.75. The summed E-state index contributed by atoms with van der Waals surface area (Å²) in [6.07, 6.45) is 4.27. The van der Waals surface area contributed by atoms with Crippen molar-refractivity contribution < 1.29 is 14.3 Å². The first-order valence-corrected chi connectivity index (χ1v) is 10.8. The molecule has 1 amide bonds. The number of ether oxygens (including phenoxy) is 2. The summed E-state index contributed by atoms with van der Waals surface area (Å²) in [5.74, 6) is 1.57. The van der Waals surface area contributed by atoms with E-state index in [1.165, 1.54) is 0 Å². The minimum atomic E-state index is -0.200. The van der Waals surface area contributed by atoms with Crippen molar-refractivity contribution in [1.82, 2.24) is 14.8 Å². The highest BCUT2D eigenvalue weighted by atomic mass is 16.5. The molecule has 0 bridgehead atoms. The van der Waals surface area contributed by atoms with Crippen molar-refractivity contribution in [3.63, 3.8) is 0 Å². The lowest BCUT2D eigenvalue weighted by molar-refractivity contribution is -0.140. The number of amides is 1. The Bertz CT molecular complexity index is 1050. The number of aromatic nitrogens is 1. The van der Waals surface area contributed by atoms with Crippen LogP contribution in [0.4, 0.5) is 0 Å². The summed E-state index contributed by atoms with van der Waals surface area (Å²) in [6.45, 7) is 2.24. The van der Waals surface area contributed by atoms with Gasteiger partial charge in [-0.2, -0.15) is 0 Å². The van der Waals surface area contributed by atoms with Gasteiger partial charge in [-0.1, -0.05) is 30.3 Å². The number of carbonyl (C=O) groups is 1. The molecule has 1 atom stereocenters. The zero-order valence-corrected chi connectivity index (χ0v) is 18.8. The molecule has 2 aromatic carbocycles. The molecule has 6 heteroatoms. The Labute approximate surface area is 189 Å². The molecule has 6 nitrogen and oxygen atoms in total. The van der Waals surface area contributed by atoms with Crippen LogP contribution in [0.25, 0.3) is 11.1 Å². The summed E-state index contributed by atoms with van der Waals surface area (Å²) in [4.78, 5) is 21.3. The van der Waals surface area contributed by atoms with Gasteiger partial charge in [0.2, 0.25) is 5.91 Å². The van der Waals surface area contributed by atoms with Gasteiger partial charge in [0.05, 0.1) is 20.3 Å². The second-order valence-corrected chi connectivity index (χ2v) is 8.07. The van der Waals surface area contributed by atoms with Crippen LogP contribution in [0.15, 0.2) is 67.0 Å². The summed E-state index contributed by atoms with van der Waals surface area (Å²) in [6, 6.07) is 18.2. The normalized spacial score (nSPS) is 16.8. The van der Waals surface area contributed by atoms with Crippen LogP contribution in [0.2, 0.25) is 0 Å². The number of hydrogen-bond acceptors (Lipinski definition) is 5. The lowest BCUT2D eigenvalue weighted by Gasteiger charge is -2.39. The van der Waals surface area contributed by atoms with Gasteiger partial charge in [-0.25, -0.2) is 0 Å². The summed E-state index contributed by atoms with van der Waals surface area (Å²) in [5.41, 5.74) is 4.52. The Hall–Kier alpha value is -3.38. The third-order valence-electron chi connectivity index (χ3n) is 6.05. The van der Waals surface area contributed by atoms with Crippen molar-refractivity contribution in [3.05, 3.63) is 78.1 Å². The van der Waals surface area contributed by atoms with E-state index >= 15 is 0 Å². The van der Waals surface area contributed by atoms with Crippen LogP contribution in [0.3, 0.4) is 0 Å². The molecule has 0 N–H and O–H groups in total. The molecule has 1 aliphatic heterocycles. The number of nitrogens with zero attached hydrogens (tertiary/aromatic N) is 3. The van der Waals surface area contributed by atoms with E-state index in [1.807, 2.05) is 42.3 Å². The van der Waals surface area contributed by atoms with E-state index in [2.05, 4.69) is 34.1 Å². The maximum Gasteiger partial charge on any atom is 0.240 e. The first kappa shape index (κ1) is 21.8. The van der Waals surface area contributed by atoms with Gasteiger partial charge in [0.1, 0.15) is 0 Å². The molecule has 0 radical (unpaired) electrons. The maximum absolute atomic E-state index is 13.1. The molecule has 1 aliphatic rings. The molecule has 166 valence electrons. The standard InChI is InChI=1S/C26H29N3O3/c1-28-14-15-29(18-20-6-9-24(31-2)25(17-20)32-3)23(26(28)30)16-19-4-7-21(8-5-19)22-10-12-27-13-11-22/h4-13,17,23H,14-16,18H2,1-3H3. The smallest absolute Gasteiger partial charge is 0.240 e. The van der Waals surface area contributed by atoms with Crippen LogP contribution in [0.1, 0.15) is 11.1 Å². The topological polar surface area (TPSA) is 54.9 Å². The molecule has 2 heterocycles. The van der Waals surface area contributed by atoms with Crippen LogP contribution in [-0.2, 0) is 17.8 Å². The molecule has 1 unspecified atom stereocenters. The van der Waals surface area contributed by atoms with E-state index in [-0.39, 0.29) is 11.9 Å². The van der Waals surface area contributed by atoms with Crippen molar-refractivity contribution in [2.45, 2.75) is 19.0 Å². The molecular weight excluding hydrogens is 402 g/mol. The van der Waals surface area contributed by atoms with Crippen molar-refractivity contribution in [1.29, 1.82) is 0 Å². The van der Waals surface area contributed by atoms with Crippen LogP contribution in [-0.4, -0.2) is 61.1 Å². The maximum atomic E-state index is 13.1. The molecule has 32 heavy (non-hydrogen) atoms. The molecule has 0 spiro atoms. The van der Waals surface area contributed by atoms with Gasteiger partial charge >= 0.3 is 0 Å². The minimum Gasteiger partial charge on any atom is -0.493 e. The van der Waals surface area contributed by atoms with E-state index < -0.39 is 0 Å². The van der Waals surface area contributed by atoms with Gasteiger partial charge in [-0.05, 0) is 52.9 Å². The zero-order valence-electron chi connectivity index (χ0n) is 18.8. The minimum absolute atomic E-state index is 0.162. The monoisotopic (exact) mass is 431 g/mol. The zero-order chi connectivity index (χ0) is 22.5. The quantitative estimate of drug-likeness (QED) is 0.572. The molecule has 4 rings (SSSR count). The number of carbonyl (C=O) groups excluding carboxylic acids is 1. The third-order valence-corrected chi connectivity index (χ3v) is 6.05. The van der Waals surface area contributed by atoms with Crippen LogP contribution in [0, 0.1) is 0 Å². The molecular formula is C26H29N3O3. The van der Waals surface area contributed by atoms with E-state index in [0.717, 1.165) is 35.3 Å². The fraction of sp³-hybridized carbons (Fsp3) is 0.308. The molecule has 3 aromatic rings. The summed E-state index contributed by atoms with van der Waals surface area (Å²) in [5, 5.41) is 0. The lowest BCUT2D eigenvalue weighted by Crippen LogP contribution is -2.56. The average molecular weight is 432 g/mol. The molecule has 1 aromatic heterocycles. The first-order valence-electron chi connectivity index (χ1n) is 10.8. The predicted octanol–water partition coefficient (Wildman–Crippen LogP) is 3.65. The highest BCUT2D eigenvalue weighted by molar-refractivity contribution is 5.82. The highest BCUT2D eigenvalue weighted by Gasteiger charge is 2.33. The van der Waals surface area contributed by atoms with Crippen molar-refractivity contribution in [3.8, 4) is 22.6 Å². The Balaban J connectivity index is 1.52. The molecule has 0 aliphatic carbocycles. The largest absolute Gasteiger partial charge is 0.493 e. The molecule has 0 saturated carbocycles. The summed E-state index contributed by atoms with van der Waals surface area (Å²) < 4.78 is 10.8. The van der Waals surface area contributed by atoms with Crippen LogP contribution in [0.5, 0.6) is 11.5 Å². The second kappa shape index (κ2) is 9.83. The Morgan fingerprint density at radius 3 is 2.22 bits per heavy atom. The number of benzene rings is 2. The van der Waals surface area contributed by atoms with Gasteiger partial charge in [-0.3, -0.25) is 14.7 Å². The predicted molar refractivity (Wildman–Crippen MR) is 125 cm³/mol. The van der Waals surface area contributed by atoms with Gasteiger partial charge in [0, 0.05) is 39.1 Å². The van der Waals surface area contributed by atoms with E-state index in [0.29, 0.717) is 24.5 Å². The van der Waals surface area contributed by atoms with Crippen molar-refractivity contribution >= 4 is 5.91 Å². The van der Waals surface area contributed by atoms with E-state index in [9.17, 15) is 4.79 Å². The number of likely N-dealkylation sites (N-methyl/N-ethyl adjacent to an activating group) is 1. The van der Waals surface area contributed by atoms with Crippen LogP contribution < -0.4 is 9.47 Å². The number of hydrogen-bond donors (Lipinski definition) is 0. The molecule has 1 saturated heterocycles. The first-order chi connectivity index (χ1) is 15.6. The second-order valence-electron chi connectivity index (χ2n) is 8.07. The summed E-state index contributed by atoms with van der Waals surface area (Å²) in [7, 11) is 5.15. The van der Waals surface area contributed by atoms with Crippen molar-refractivity contribution in [2.24, 2.45) is 0 Å². The van der Waals surface area contributed by atoms with Gasteiger partial charge in [-0.15, -0.1) is 0 Å². The van der Waals surface area contributed by atoms with Gasteiger partial charge in [0.15, 0.2) is 11.5 Å². The summed E-state index contributed by atoms with van der Waals surface area (Å²) >= 11 is 0. The number of rotatable bonds is 7. The lowest BCUT2D eigenvalue weighted by atomic mass is 9.98. The van der Waals surface area contributed by atoms with Gasteiger partial charge in [0.25, 0.3) is 0 Å². The Morgan fingerprint density at radius 2 is 1.53 bits per heavy atom.